The Kier molecular flexibility index (Phi) is 4.30. The first kappa shape index (κ1) is 20.2. The predicted octanol–water partition coefficient (Wildman–Crippen LogP) is 2.27. The normalized spacial score (nSPS) is 40.5. The van der Waals surface area contributed by atoms with Crippen molar-refractivity contribution >= 4 is 23.5 Å². The molecule has 0 N–H and O–H groups in total. The molecule has 2 bridgehead atoms. The van der Waals surface area contributed by atoms with Gasteiger partial charge in [-0.25, -0.2) is 0 Å². The molecule has 7 heteroatoms. The Labute approximate surface area is 180 Å². The molecule has 31 heavy (non-hydrogen) atoms. The molecule has 7 nitrogen and oxygen atoms in total. The number of hydrogen-bond acceptors (Lipinski definition) is 6. The number of methoxy groups -OCH3 is 2. The number of amides is 2. The van der Waals surface area contributed by atoms with Crippen LogP contribution in [0.15, 0.2) is 54.1 Å². The molecule has 3 aliphatic heterocycles. The summed E-state index contributed by atoms with van der Waals surface area (Å²) < 4.78 is 17.3. The van der Waals surface area contributed by atoms with Gasteiger partial charge in [-0.15, -0.1) is 0 Å². The summed E-state index contributed by atoms with van der Waals surface area (Å²) in [6.45, 7) is 3.86. The van der Waals surface area contributed by atoms with E-state index in [2.05, 4.69) is 0 Å². The van der Waals surface area contributed by atoms with E-state index < -0.39 is 46.9 Å². The monoisotopic (exact) mass is 423 g/mol. The van der Waals surface area contributed by atoms with Crippen molar-refractivity contribution in [1.29, 1.82) is 0 Å². The van der Waals surface area contributed by atoms with E-state index in [0.717, 1.165) is 5.57 Å². The van der Waals surface area contributed by atoms with E-state index in [0.29, 0.717) is 5.69 Å². The molecule has 2 saturated heterocycles. The molecule has 1 aromatic rings. The Balaban J connectivity index is 1.70. The minimum absolute atomic E-state index is 0.325. The van der Waals surface area contributed by atoms with E-state index in [4.69, 9.17) is 14.2 Å². The molecule has 0 aromatic heterocycles. The van der Waals surface area contributed by atoms with Crippen molar-refractivity contribution in [2.75, 3.05) is 19.1 Å². The molecule has 1 aromatic carbocycles. The summed E-state index contributed by atoms with van der Waals surface area (Å²) in [6.07, 6.45) is 5.23. The minimum atomic E-state index is -0.867. The number of carbonyl (C=O) groups excluding carboxylic acids is 3. The van der Waals surface area contributed by atoms with E-state index in [1.807, 2.05) is 32.1 Å². The number of nitrogens with zero attached hydrogens (tertiary/aromatic N) is 1. The van der Waals surface area contributed by atoms with E-state index in [9.17, 15) is 14.4 Å². The molecule has 7 atom stereocenters. The van der Waals surface area contributed by atoms with Crippen molar-refractivity contribution < 1.29 is 28.6 Å². The highest BCUT2D eigenvalue weighted by Crippen LogP contribution is 2.59. The highest BCUT2D eigenvalue weighted by molar-refractivity contribution is 6.23. The van der Waals surface area contributed by atoms with Crippen molar-refractivity contribution in [2.45, 2.75) is 31.2 Å². The third-order valence-electron chi connectivity index (χ3n) is 7.22. The molecule has 162 valence electrons. The second kappa shape index (κ2) is 6.61. The van der Waals surface area contributed by atoms with E-state index >= 15 is 0 Å². The molecule has 4 aliphatic rings. The van der Waals surface area contributed by atoms with Gasteiger partial charge in [0.1, 0.15) is 11.7 Å². The van der Waals surface area contributed by atoms with Gasteiger partial charge in [0.25, 0.3) is 0 Å². The smallest absolute Gasteiger partial charge is 0.313 e. The second-order valence-corrected chi connectivity index (χ2v) is 9.01. The summed E-state index contributed by atoms with van der Waals surface area (Å²) in [5.41, 5.74) is -0.197. The first-order chi connectivity index (χ1) is 14.8. The van der Waals surface area contributed by atoms with Gasteiger partial charge in [-0.1, -0.05) is 36.4 Å². The summed E-state index contributed by atoms with van der Waals surface area (Å²) in [6, 6.07) is 8.81. The zero-order valence-corrected chi connectivity index (χ0v) is 17.9. The number of imide groups is 1. The van der Waals surface area contributed by atoms with Gasteiger partial charge in [0.05, 0.1) is 36.2 Å². The maximum absolute atomic E-state index is 13.8. The van der Waals surface area contributed by atoms with Gasteiger partial charge in [0.2, 0.25) is 11.8 Å². The maximum atomic E-state index is 13.8. The van der Waals surface area contributed by atoms with Crippen LogP contribution in [0.3, 0.4) is 0 Å². The topological polar surface area (TPSA) is 82.1 Å². The fourth-order valence-corrected chi connectivity index (χ4v) is 6.06. The molecular weight excluding hydrogens is 398 g/mol. The van der Waals surface area contributed by atoms with Crippen LogP contribution < -0.4 is 4.90 Å². The summed E-state index contributed by atoms with van der Waals surface area (Å²) in [5.74, 6) is -4.16. The number of ether oxygens (including phenoxy) is 3. The first-order valence-corrected chi connectivity index (χ1v) is 10.4. The summed E-state index contributed by atoms with van der Waals surface area (Å²) in [5, 5.41) is 0. The van der Waals surface area contributed by atoms with E-state index in [1.165, 1.54) is 12.0 Å². The number of anilines is 1. The van der Waals surface area contributed by atoms with Crippen molar-refractivity contribution in [3.05, 3.63) is 54.1 Å². The largest absolute Gasteiger partial charge is 0.469 e. The highest BCUT2D eigenvalue weighted by Gasteiger charge is 2.67. The third-order valence-corrected chi connectivity index (χ3v) is 7.22. The molecule has 5 rings (SSSR count). The van der Waals surface area contributed by atoms with Crippen LogP contribution in [-0.2, 0) is 28.6 Å². The van der Waals surface area contributed by atoms with Gasteiger partial charge < -0.3 is 14.2 Å². The molecule has 2 amide bonds. The van der Waals surface area contributed by atoms with Gasteiger partial charge in [-0.05, 0) is 31.6 Å². The Morgan fingerprint density at radius 2 is 1.65 bits per heavy atom. The van der Waals surface area contributed by atoms with Gasteiger partial charge in [0.15, 0.2) is 0 Å². The zero-order valence-electron chi connectivity index (χ0n) is 17.9. The van der Waals surface area contributed by atoms with Gasteiger partial charge in [-0.3, -0.25) is 19.3 Å². The molecule has 0 radical (unpaired) electrons. The number of carbonyl (C=O) groups is 3. The van der Waals surface area contributed by atoms with Gasteiger partial charge >= 0.3 is 5.97 Å². The van der Waals surface area contributed by atoms with Crippen LogP contribution in [0.4, 0.5) is 5.69 Å². The molecule has 1 aliphatic carbocycles. The summed E-state index contributed by atoms with van der Waals surface area (Å²) >= 11 is 0. The van der Waals surface area contributed by atoms with Crippen LogP contribution in [0.1, 0.15) is 13.8 Å². The minimum Gasteiger partial charge on any atom is -0.469 e. The lowest BCUT2D eigenvalue weighted by atomic mass is 9.60. The Morgan fingerprint density at radius 1 is 1.00 bits per heavy atom. The standard InChI is InChI=1S/C24H25NO6/c1-23-10-11-24(2,31-23)19(29-3)15-12-14(22(28)30-4)16-17(18(15)23)21(27)25(20(16)26)13-8-6-5-7-9-13/h5-12,14,16-19H,1-4H3/t14-,16-,17-,18+,19-,23+,24-/m1/s1. The molecule has 0 spiro atoms. The lowest BCUT2D eigenvalue weighted by Crippen LogP contribution is -2.60. The number of rotatable bonds is 3. The molecule has 2 fully saturated rings. The van der Waals surface area contributed by atoms with Crippen molar-refractivity contribution in [3.63, 3.8) is 0 Å². The predicted molar refractivity (Wildman–Crippen MR) is 111 cm³/mol. The number of hydrogen-bond donors (Lipinski definition) is 0. The number of benzene rings is 1. The van der Waals surface area contributed by atoms with Crippen LogP contribution >= 0.6 is 0 Å². The highest BCUT2D eigenvalue weighted by atomic mass is 16.6. The Hall–Kier alpha value is -2.77. The zero-order chi connectivity index (χ0) is 22.1. The van der Waals surface area contributed by atoms with Gasteiger partial charge in [-0.2, -0.15) is 0 Å². The Bertz CT molecular complexity index is 1030. The third kappa shape index (κ3) is 2.56. The number of fused-ring (bicyclic) bond motifs is 6. The molecule has 0 unspecified atom stereocenters. The first-order valence-electron chi connectivity index (χ1n) is 10.4. The summed E-state index contributed by atoms with van der Waals surface area (Å²) in [4.78, 5) is 41.3. The molecule has 0 saturated carbocycles. The van der Waals surface area contributed by atoms with E-state index in [1.54, 1.807) is 37.5 Å². The van der Waals surface area contributed by atoms with Gasteiger partial charge in [0, 0.05) is 13.0 Å². The fourth-order valence-electron chi connectivity index (χ4n) is 6.06. The quantitative estimate of drug-likeness (QED) is 0.421. The molecular formula is C24H25NO6. The average Bonchev–Trinajstić information content (AvgIpc) is 3.19. The average molecular weight is 423 g/mol. The van der Waals surface area contributed by atoms with Crippen LogP contribution in [0.2, 0.25) is 0 Å². The Morgan fingerprint density at radius 3 is 2.29 bits per heavy atom. The lowest BCUT2D eigenvalue weighted by molar-refractivity contribution is -0.188. The number of esters is 1. The van der Waals surface area contributed by atoms with Crippen LogP contribution in [0.25, 0.3) is 0 Å². The lowest BCUT2D eigenvalue weighted by Gasteiger charge is -2.52. The van der Waals surface area contributed by atoms with Crippen LogP contribution in [-0.4, -0.2) is 49.3 Å². The number of para-hydroxylation sites is 1. The second-order valence-electron chi connectivity index (χ2n) is 9.01. The molecule has 3 heterocycles. The van der Waals surface area contributed by atoms with E-state index in [-0.39, 0.29) is 11.8 Å². The summed E-state index contributed by atoms with van der Waals surface area (Å²) in [7, 11) is 2.88. The van der Waals surface area contributed by atoms with Crippen molar-refractivity contribution in [1.82, 2.24) is 0 Å². The van der Waals surface area contributed by atoms with Crippen LogP contribution in [0, 0.1) is 23.7 Å². The SMILES string of the molecule is COC(=O)[C@@H]1C=C2[C@@H](OC)[C@@]3(C)C=C[C@](C)(O3)[C@@H]2[C@@H]2C(=O)N(c3ccccc3)C(=O)[C@@H]21. The van der Waals surface area contributed by atoms with Crippen LogP contribution in [0.5, 0.6) is 0 Å². The maximum Gasteiger partial charge on any atom is 0.313 e. The van der Waals surface area contributed by atoms with Crippen molar-refractivity contribution in [3.8, 4) is 0 Å². The van der Waals surface area contributed by atoms with Crippen molar-refractivity contribution in [2.24, 2.45) is 23.7 Å². The fraction of sp³-hybridized carbons (Fsp3) is 0.458.